The Morgan fingerprint density at radius 2 is 1.17 bits per heavy atom. The summed E-state index contributed by atoms with van der Waals surface area (Å²) in [5.41, 5.74) is 7.20. The van der Waals surface area contributed by atoms with Crippen molar-refractivity contribution in [1.82, 2.24) is 15.5 Å². The van der Waals surface area contributed by atoms with E-state index in [9.17, 15) is 14.4 Å². The normalized spacial score (nSPS) is 19.2. The van der Waals surface area contributed by atoms with Gasteiger partial charge in [-0.25, -0.2) is 0 Å². The maximum absolute atomic E-state index is 13.0. The van der Waals surface area contributed by atoms with Gasteiger partial charge in [-0.05, 0) is 98.5 Å². The third kappa shape index (κ3) is 7.37. The minimum absolute atomic E-state index is 0.0315. The Labute approximate surface area is 309 Å². The standard InChI is InChI=1S/C42H45N7O4/c1-5-39(50)48-26(3)23-34(32-11-7-9-13-36(32)48)44-30-19-15-28(16-20-30)41(52)43-25-38-46-47-42(53-38)29-17-21-31(22-18-29)45-35-24-27(4)49(40(51)6-2)37-14-10-8-12-33(35)37/h7-22,26-27,34-35,44-45H,5-6,23-25H2,1-4H3,(H,43,52)/t26-,27-,34+,35+/m0/s1. The number of benzene rings is 4. The molecule has 0 saturated carbocycles. The lowest BCUT2D eigenvalue weighted by molar-refractivity contribution is -0.119. The maximum Gasteiger partial charge on any atom is 0.251 e. The molecular weight excluding hydrogens is 667 g/mol. The molecule has 0 unspecified atom stereocenters. The highest BCUT2D eigenvalue weighted by atomic mass is 16.4. The van der Waals surface area contributed by atoms with Crippen LogP contribution < -0.4 is 25.8 Å². The number of aromatic nitrogens is 2. The van der Waals surface area contributed by atoms with Crippen LogP contribution in [-0.2, 0) is 16.1 Å². The number of fused-ring (bicyclic) bond motifs is 2. The highest BCUT2D eigenvalue weighted by Gasteiger charge is 2.34. The van der Waals surface area contributed by atoms with Crippen LogP contribution in [0, 0.1) is 0 Å². The van der Waals surface area contributed by atoms with E-state index >= 15 is 0 Å². The maximum atomic E-state index is 13.0. The van der Waals surface area contributed by atoms with Gasteiger partial charge in [-0.3, -0.25) is 14.4 Å². The number of hydrogen-bond donors (Lipinski definition) is 3. The summed E-state index contributed by atoms with van der Waals surface area (Å²) < 4.78 is 5.89. The molecule has 3 amide bonds. The molecule has 0 saturated heterocycles. The first-order chi connectivity index (χ1) is 25.7. The third-order valence-corrected chi connectivity index (χ3v) is 10.1. The van der Waals surface area contributed by atoms with Crippen molar-refractivity contribution in [3.63, 3.8) is 0 Å². The van der Waals surface area contributed by atoms with E-state index in [0.717, 1.165) is 52.3 Å². The van der Waals surface area contributed by atoms with Crippen molar-refractivity contribution in [3.8, 4) is 11.5 Å². The van der Waals surface area contributed by atoms with Gasteiger partial charge in [0, 0.05) is 58.8 Å². The average Bonchev–Trinajstić information content (AvgIpc) is 3.66. The second-order valence-electron chi connectivity index (χ2n) is 13.8. The second-order valence-corrected chi connectivity index (χ2v) is 13.8. The highest BCUT2D eigenvalue weighted by Crippen LogP contribution is 2.40. The number of amides is 3. The fourth-order valence-corrected chi connectivity index (χ4v) is 7.53. The molecule has 2 aliphatic rings. The van der Waals surface area contributed by atoms with Crippen molar-refractivity contribution in [2.45, 2.75) is 84.1 Å². The van der Waals surface area contributed by atoms with Gasteiger partial charge in [0.05, 0.1) is 18.6 Å². The zero-order valence-corrected chi connectivity index (χ0v) is 30.5. The van der Waals surface area contributed by atoms with Crippen LogP contribution >= 0.6 is 0 Å². The molecule has 11 heteroatoms. The van der Waals surface area contributed by atoms with Crippen molar-refractivity contribution in [2.75, 3.05) is 20.4 Å². The Hall–Kier alpha value is -5.97. The van der Waals surface area contributed by atoms with Crippen LogP contribution in [0.25, 0.3) is 11.5 Å². The first-order valence-electron chi connectivity index (χ1n) is 18.4. The van der Waals surface area contributed by atoms with Gasteiger partial charge in [0.25, 0.3) is 5.91 Å². The van der Waals surface area contributed by atoms with Crippen molar-refractivity contribution in [1.29, 1.82) is 0 Å². The van der Waals surface area contributed by atoms with Gasteiger partial charge in [0.15, 0.2) is 0 Å². The molecule has 7 rings (SSSR count). The molecule has 1 aromatic heterocycles. The molecule has 11 nitrogen and oxygen atoms in total. The summed E-state index contributed by atoms with van der Waals surface area (Å²) in [6, 6.07) is 31.5. The minimum Gasteiger partial charge on any atom is -0.419 e. The zero-order chi connectivity index (χ0) is 37.1. The molecule has 2 aliphatic heterocycles. The summed E-state index contributed by atoms with van der Waals surface area (Å²) in [4.78, 5) is 42.2. The van der Waals surface area contributed by atoms with Crippen LogP contribution in [0.4, 0.5) is 22.7 Å². The molecule has 0 aliphatic carbocycles. The van der Waals surface area contributed by atoms with Crippen LogP contribution in [0.15, 0.2) is 101 Å². The number of carbonyl (C=O) groups excluding carboxylic acids is 3. The number of nitrogens with one attached hydrogen (secondary N) is 3. The molecule has 53 heavy (non-hydrogen) atoms. The third-order valence-electron chi connectivity index (χ3n) is 10.1. The van der Waals surface area contributed by atoms with Crippen molar-refractivity contribution < 1.29 is 18.8 Å². The van der Waals surface area contributed by atoms with E-state index in [1.54, 1.807) is 12.1 Å². The van der Waals surface area contributed by atoms with Crippen LogP contribution in [0.1, 0.15) is 92.8 Å². The summed E-state index contributed by atoms with van der Waals surface area (Å²) in [5.74, 6) is 0.661. The van der Waals surface area contributed by atoms with Gasteiger partial charge in [0.1, 0.15) is 0 Å². The van der Waals surface area contributed by atoms with Gasteiger partial charge < -0.3 is 30.2 Å². The van der Waals surface area contributed by atoms with Gasteiger partial charge in [-0.1, -0.05) is 50.2 Å². The van der Waals surface area contributed by atoms with Crippen molar-refractivity contribution in [3.05, 3.63) is 120 Å². The minimum atomic E-state index is -0.252. The summed E-state index contributed by atoms with van der Waals surface area (Å²) in [7, 11) is 0. The van der Waals surface area contributed by atoms with E-state index in [1.165, 1.54) is 0 Å². The number of carbonyl (C=O) groups is 3. The Morgan fingerprint density at radius 3 is 1.68 bits per heavy atom. The SMILES string of the molecule is CCC(=O)N1c2ccccc2[C@H](Nc2ccc(C(=O)NCc3nnc(-c4ccc(N[C@@H]5C[C@H](C)N(C(=O)CC)c6ccccc65)cc4)o3)cc2)C[C@@H]1C. The van der Waals surface area contributed by atoms with Crippen LogP contribution in [-0.4, -0.2) is 40.0 Å². The van der Waals surface area contributed by atoms with Gasteiger partial charge >= 0.3 is 0 Å². The molecule has 0 bridgehead atoms. The summed E-state index contributed by atoms with van der Waals surface area (Å²) >= 11 is 0. The number of nitrogens with zero attached hydrogens (tertiary/aromatic N) is 4. The van der Waals surface area contributed by atoms with E-state index in [4.69, 9.17) is 4.42 Å². The Morgan fingerprint density at radius 1 is 0.679 bits per heavy atom. The summed E-state index contributed by atoms with van der Waals surface area (Å²) in [6.45, 7) is 8.05. The summed E-state index contributed by atoms with van der Waals surface area (Å²) in [5, 5.41) is 18.5. The lowest BCUT2D eigenvalue weighted by atomic mass is 9.91. The number of rotatable bonds is 10. The number of hydrogen-bond acceptors (Lipinski definition) is 8. The highest BCUT2D eigenvalue weighted by molar-refractivity contribution is 5.96. The van der Waals surface area contributed by atoms with Gasteiger partial charge in [0.2, 0.25) is 23.6 Å². The van der Waals surface area contributed by atoms with E-state index < -0.39 is 0 Å². The molecule has 0 spiro atoms. The molecule has 272 valence electrons. The molecule has 0 radical (unpaired) electrons. The Balaban J connectivity index is 0.940. The quantitative estimate of drug-likeness (QED) is 0.133. The lowest BCUT2D eigenvalue weighted by Crippen LogP contribution is -2.44. The van der Waals surface area contributed by atoms with E-state index in [0.29, 0.717) is 30.2 Å². The second kappa shape index (κ2) is 15.3. The van der Waals surface area contributed by atoms with Crippen molar-refractivity contribution in [2.24, 2.45) is 0 Å². The molecule has 0 fully saturated rings. The van der Waals surface area contributed by atoms with E-state index in [2.05, 4.69) is 52.1 Å². The molecule has 5 aromatic rings. The fraction of sp³-hybridized carbons (Fsp3) is 0.310. The Kier molecular flexibility index (Phi) is 10.2. The van der Waals surface area contributed by atoms with Gasteiger partial charge in [-0.15, -0.1) is 10.2 Å². The van der Waals surface area contributed by atoms with Crippen LogP contribution in [0.2, 0.25) is 0 Å². The molecular formula is C42H45N7O4. The predicted molar refractivity (Wildman–Crippen MR) is 207 cm³/mol. The fourth-order valence-electron chi connectivity index (χ4n) is 7.53. The van der Waals surface area contributed by atoms with Gasteiger partial charge in [-0.2, -0.15) is 0 Å². The Bertz CT molecular complexity index is 2100. The van der Waals surface area contributed by atoms with E-state index in [-0.39, 0.29) is 48.4 Å². The lowest BCUT2D eigenvalue weighted by Gasteiger charge is -2.40. The zero-order valence-electron chi connectivity index (χ0n) is 30.5. The summed E-state index contributed by atoms with van der Waals surface area (Å²) in [6.07, 6.45) is 2.49. The van der Waals surface area contributed by atoms with Crippen LogP contribution in [0.5, 0.6) is 0 Å². The molecule has 3 N–H and O–H groups in total. The van der Waals surface area contributed by atoms with Crippen LogP contribution in [0.3, 0.4) is 0 Å². The average molecular weight is 712 g/mol. The number of anilines is 4. The monoisotopic (exact) mass is 711 g/mol. The predicted octanol–water partition coefficient (Wildman–Crippen LogP) is 8.04. The first-order valence-corrected chi connectivity index (χ1v) is 18.4. The smallest absolute Gasteiger partial charge is 0.251 e. The molecule has 3 heterocycles. The number of para-hydroxylation sites is 2. The topological polar surface area (TPSA) is 133 Å². The van der Waals surface area contributed by atoms with E-state index in [1.807, 2.05) is 96.4 Å². The molecule has 4 aromatic carbocycles. The molecule has 4 atom stereocenters. The van der Waals surface area contributed by atoms with Crippen molar-refractivity contribution >= 4 is 40.5 Å². The largest absolute Gasteiger partial charge is 0.419 e. The first kappa shape index (κ1) is 35.4.